The molecule has 0 atom stereocenters. The first-order chi connectivity index (χ1) is 20.8. The average molecular weight is 587 g/mol. The quantitative estimate of drug-likeness (QED) is 0.288. The fourth-order valence-electron chi connectivity index (χ4n) is 6.27. The number of rotatable bonds is 9. The number of aromatic nitrogens is 2. The van der Waals surface area contributed by atoms with E-state index in [2.05, 4.69) is 58.7 Å². The minimum Gasteiger partial charge on any atom is -0.382 e. The van der Waals surface area contributed by atoms with Crippen LogP contribution in [-0.4, -0.2) is 61.3 Å². The number of ether oxygens (including phenoxy) is 1. The van der Waals surface area contributed by atoms with Crippen LogP contribution in [0.1, 0.15) is 77.8 Å². The standard InChI is InChI=1S/C34H46N6O3/c1-6-26-29(24-7-8-31(36-19-24)40-13-11-35-12-14-40)18-28(23(5)32(26)39-25-9-15-43-16-10-25)33(41)37-20-30-27(21(2)3)17-22(4)38-34(30)42/h7-8,17-19,21,25,35,39H,6,9-16,20H2,1-5H3,(H,37,41)(H,38,42). The van der Waals surface area contributed by atoms with Gasteiger partial charge in [0.05, 0.1) is 0 Å². The molecule has 0 spiro atoms. The van der Waals surface area contributed by atoms with E-state index in [4.69, 9.17) is 9.72 Å². The van der Waals surface area contributed by atoms with Crippen molar-refractivity contribution in [2.75, 3.05) is 49.6 Å². The molecule has 43 heavy (non-hydrogen) atoms. The highest BCUT2D eigenvalue weighted by Crippen LogP contribution is 2.36. The van der Waals surface area contributed by atoms with E-state index in [1.165, 1.54) is 5.56 Å². The number of nitrogens with one attached hydrogen (secondary N) is 4. The van der Waals surface area contributed by atoms with E-state index < -0.39 is 0 Å². The third-order valence-corrected chi connectivity index (χ3v) is 8.72. The Hall–Kier alpha value is -3.69. The van der Waals surface area contributed by atoms with Gasteiger partial charge in [0.25, 0.3) is 11.5 Å². The largest absolute Gasteiger partial charge is 0.382 e. The first-order valence-electron chi connectivity index (χ1n) is 15.7. The Balaban J connectivity index is 1.51. The fourth-order valence-corrected chi connectivity index (χ4v) is 6.27. The Morgan fingerprint density at radius 2 is 1.86 bits per heavy atom. The van der Waals surface area contributed by atoms with E-state index in [9.17, 15) is 9.59 Å². The summed E-state index contributed by atoms with van der Waals surface area (Å²) >= 11 is 0. The van der Waals surface area contributed by atoms with E-state index in [1.807, 2.05) is 32.2 Å². The van der Waals surface area contributed by atoms with Gasteiger partial charge in [-0.25, -0.2) is 4.98 Å². The molecule has 1 amide bonds. The lowest BCUT2D eigenvalue weighted by atomic mass is 9.90. The first-order valence-corrected chi connectivity index (χ1v) is 15.7. The lowest BCUT2D eigenvalue weighted by molar-refractivity contribution is 0.0903. The van der Waals surface area contributed by atoms with Gasteiger partial charge in [0.1, 0.15) is 5.82 Å². The molecule has 4 heterocycles. The molecule has 0 saturated carbocycles. The Morgan fingerprint density at radius 1 is 1.12 bits per heavy atom. The molecule has 1 aromatic carbocycles. The summed E-state index contributed by atoms with van der Waals surface area (Å²) in [6.07, 6.45) is 4.58. The summed E-state index contributed by atoms with van der Waals surface area (Å²) in [5, 5.41) is 10.3. The number of carbonyl (C=O) groups is 1. The molecule has 2 aliphatic heterocycles. The number of amides is 1. The maximum absolute atomic E-state index is 13.9. The SMILES string of the molecule is CCc1c(-c2ccc(N3CCNCC3)nc2)cc(C(=O)NCc2c(C(C)C)cc(C)[nH]c2=O)c(C)c1NC1CCOCC1. The summed E-state index contributed by atoms with van der Waals surface area (Å²) in [5.41, 5.74) is 7.91. The molecule has 3 aromatic rings. The van der Waals surface area contributed by atoms with Crippen LogP contribution in [0.3, 0.4) is 0 Å². The van der Waals surface area contributed by atoms with Gasteiger partial charge < -0.3 is 30.6 Å². The number of hydrogen-bond acceptors (Lipinski definition) is 7. The molecule has 2 aromatic heterocycles. The summed E-state index contributed by atoms with van der Waals surface area (Å²) in [7, 11) is 0. The second kappa shape index (κ2) is 13.7. The van der Waals surface area contributed by atoms with Crippen LogP contribution in [0.2, 0.25) is 0 Å². The summed E-state index contributed by atoms with van der Waals surface area (Å²) in [4.78, 5) is 36.8. The maximum Gasteiger partial charge on any atom is 0.253 e. The van der Waals surface area contributed by atoms with Crippen molar-refractivity contribution in [2.45, 2.75) is 72.4 Å². The number of nitrogens with zero attached hydrogens (tertiary/aromatic N) is 2. The van der Waals surface area contributed by atoms with Crippen LogP contribution in [0.25, 0.3) is 11.1 Å². The van der Waals surface area contributed by atoms with Gasteiger partial charge in [0.2, 0.25) is 0 Å². The molecule has 9 nitrogen and oxygen atoms in total. The summed E-state index contributed by atoms with van der Waals surface area (Å²) < 4.78 is 5.61. The van der Waals surface area contributed by atoms with E-state index >= 15 is 0 Å². The monoisotopic (exact) mass is 586 g/mol. The van der Waals surface area contributed by atoms with Gasteiger partial charge in [-0.05, 0) is 85.5 Å². The van der Waals surface area contributed by atoms with Crippen LogP contribution in [-0.2, 0) is 17.7 Å². The number of aromatic amines is 1. The van der Waals surface area contributed by atoms with Crippen LogP contribution in [0, 0.1) is 13.8 Å². The molecule has 2 saturated heterocycles. The highest BCUT2D eigenvalue weighted by Gasteiger charge is 2.24. The van der Waals surface area contributed by atoms with Gasteiger partial charge in [-0.3, -0.25) is 9.59 Å². The fraction of sp³-hybridized carbons (Fsp3) is 0.500. The normalized spacial score (nSPS) is 16.0. The molecule has 4 N–H and O–H groups in total. The van der Waals surface area contributed by atoms with Crippen molar-refractivity contribution >= 4 is 17.4 Å². The van der Waals surface area contributed by atoms with Crippen LogP contribution >= 0.6 is 0 Å². The number of piperazine rings is 1. The predicted molar refractivity (Wildman–Crippen MR) is 173 cm³/mol. The summed E-state index contributed by atoms with van der Waals surface area (Å²) in [5.74, 6) is 0.937. The second-order valence-electron chi connectivity index (χ2n) is 12.0. The lowest BCUT2D eigenvalue weighted by Gasteiger charge is -2.29. The molecule has 230 valence electrons. The van der Waals surface area contributed by atoms with Gasteiger partial charge in [-0.2, -0.15) is 0 Å². The number of aryl methyl sites for hydroxylation is 1. The summed E-state index contributed by atoms with van der Waals surface area (Å²) in [6, 6.07) is 8.48. The van der Waals surface area contributed by atoms with E-state index in [0.717, 1.165) is 98.1 Å². The molecular formula is C34H46N6O3. The highest BCUT2D eigenvalue weighted by atomic mass is 16.5. The van der Waals surface area contributed by atoms with Gasteiger partial charge in [0, 0.05) is 86.2 Å². The maximum atomic E-state index is 13.9. The summed E-state index contributed by atoms with van der Waals surface area (Å²) in [6.45, 7) is 15.6. The number of carbonyl (C=O) groups excluding carboxylic acids is 1. The Labute approximate surface area is 254 Å². The number of pyridine rings is 2. The molecule has 0 bridgehead atoms. The van der Waals surface area contributed by atoms with Gasteiger partial charge in [-0.15, -0.1) is 0 Å². The van der Waals surface area contributed by atoms with Crippen molar-refractivity contribution in [3.63, 3.8) is 0 Å². The lowest BCUT2D eigenvalue weighted by Crippen LogP contribution is -2.43. The zero-order chi connectivity index (χ0) is 30.5. The second-order valence-corrected chi connectivity index (χ2v) is 12.0. The van der Waals surface area contributed by atoms with Crippen molar-refractivity contribution in [1.29, 1.82) is 0 Å². The molecule has 0 radical (unpaired) electrons. The van der Waals surface area contributed by atoms with Crippen LogP contribution in [0.5, 0.6) is 0 Å². The van der Waals surface area contributed by atoms with Gasteiger partial charge >= 0.3 is 0 Å². The number of hydrogen-bond donors (Lipinski definition) is 4. The molecule has 9 heteroatoms. The smallest absolute Gasteiger partial charge is 0.253 e. The number of benzene rings is 1. The Bertz CT molecular complexity index is 1490. The van der Waals surface area contributed by atoms with Gasteiger partial charge in [-0.1, -0.05) is 20.8 Å². The number of anilines is 2. The zero-order valence-electron chi connectivity index (χ0n) is 26.2. The molecule has 0 aliphatic carbocycles. The minimum atomic E-state index is -0.198. The minimum absolute atomic E-state index is 0.153. The van der Waals surface area contributed by atoms with Gasteiger partial charge in [0.15, 0.2) is 0 Å². The first kappa shape index (κ1) is 30.8. The van der Waals surface area contributed by atoms with E-state index in [-0.39, 0.29) is 30.0 Å². The topological polar surface area (TPSA) is 111 Å². The molecule has 2 fully saturated rings. The third kappa shape index (κ3) is 6.94. The zero-order valence-corrected chi connectivity index (χ0v) is 26.2. The molecule has 2 aliphatic rings. The third-order valence-electron chi connectivity index (χ3n) is 8.72. The Morgan fingerprint density at radius 3 is 2.51 bits per heavy atom. The van der Waals surface area contributed by atoms with Crippen molar-refractivity contribution < 1.29 is 9.53 Å². The van der Waals surface area contributed by atoms with E-state index in [0.29, 0.717) is 11.1 Å². The highest BCUT2D eigenvalue weighted by molar-refractivity contribution is 5.99. The molecule has 5 rings (SSSR count). The molecular weight excluding hydrogens is 540 g/mol. The van der Waals surface area contributed by atoms with E-state index in [1.54, 1.807) is 0 Å². The van der Waals surface area contributed by atoms with Crippen molar-refractivity contribution in [3.8, 4) is 11.1 Å². The number of H-pyrrole nitrogens is 1. The van der Waals surface area contributed by atoms with Crippen molar-refractivity contribution in [2.24, 2.45) is 0 Å². The van der Waals surface area contributed by atoms with Crippen molar-refractivity contribution in [1.82, 2.24) is 20.6 Å². The van der Waals surface area contributed by atoms with Crippen LogP contribution in [0.15, 0.2) is 35.3 Å². The molecule has 0 unspecified atom stereocenters. The van der Waals surface area contributed by atoms with Crippen LogP contribution < -0.4 is 26.4 Å². The Kier molecular flexibility index (Phi) is 9.82. The van der Waals surface area contributed by atoms with Crippen molar-refractivity contribution in [3.05, 3.63) is 74.3 Å². The predicted octanol–water partition coefficient (Wildman–Crippen LogP) is 4.67. The average Bonchev–Trinajstić information content (AvgIpc) is 3.02. The van der Waals surface area contributed by atoms with Crippen LogP contribution in [0.4, 0.5) is 11.5 Å².